The Labute approximate surface area is 170 Å². The first-order valence-electron chi connectivity index (χ1n) is 10.6. The van der Waals surface area contributed by atoms with E-state index in [9.17, 15) is 4.79 Å². The molecule has 0 amide bonds. The minimum atomic E-state index is 0.0723. The lowest BCUT2D eigenvalue weighted by atomic mass is 10.0. The lowest BCUT2D eigenvalue weighted by Gasteiger charge is -2.08. The Morgan fingerprint density at radius 3 is 2.25 bits per heavy atom. The summed E-state index contributed by atoms with van der Waals surface area (Å²) >= 11 is 0. The van der Waals surface area contributed by atoms with Crippen molar-refractivity contribution in [2.45, 2.75) is 66.8 Å². The molecule has 0 fully saturated rings. The van der Waals surface area contributed by atoms with E-state index in [1.54, 1.807) is 4.57 Å². The SMILES string of the molecule is CCCCC(C)CC.Cc1ccc(Cn2ccc3cc(C)ccc3c2=O)cc1. The second-order valence-corrected chi connectivity index (χ2v) is 7.98. The molecule has 1 aromatic heterocycles. The molecule has 0 bridgehead atoms. The molecule has 0 radical (unpaired) electrons. The maximum atomic E-state index is 12.5. The van der Waals surface area contributed by atoms with Gasteiger partial charge in [-0.05, 0) is 42.8 Å². The standard InChI is InChI=1S/C18H17NO.C8H18/c1-13-3-6-15(7-4-13)12-19-10-9-16-11-14(2)5-8-17(16)18(19)20;1-4-6-7-8(3)5-2/h3-11H,12H2,1-2H3;8H,4-7H2,1-3H3. The Hall–Kier alpha value is -2.35. The molecule has 0 saturated carbocycles. The van der Waals surface area contributed by atoms with Crippen molar-refractivity contribution in [3.8, 4) is 0 Å². The summed E-state index contributed by atoms with van der Waals surface area (Å²) in [6.07, 6.45) is 7.41. The third kappa shape index (κ3) is 6.37. The lowest BCUT2D eigenvalue weighted by molar-refractivity contribution is 0.492. The monoisotopic (exact) mass is 377 g/mol. The van der Waals surface area contributed by atoms with Crippen LogP contribution in [-0.4, -0.2) is 4.57 Å². The number of benzene rings is 2. The van der Waals surface area contributed by atoms with Crippen LogP contribution in [0.2, 0.25) is 0 Å². The topological polar surface area (TPSA) is 22.0 Å². The van der Waals surface area contributed by atoms with Crippen molar-refractivity contribution in [1.82, 2.24) is 4.57 Å². The van der Waals surface area contributed by atoms with Crippen LogP contribution in [0.15, 0.2) is 59.5 Å². The average molecular weight is 378 g/mol. The van der Waals surface area contributed by atoms with Gasteiger partial charge in [0.2, 0.25) is 0 Å². The zero-order valence-corrected chi connectivity index (χ0v) is 18.2. The largest absolute Gasteiger partial charge is 0.311 e. The van der Waals surface area contributed by atoms with Crippen LogP contribution >= 0.6 is 0 Å². The summed E-state index contributed by atoms with van der Waals surface area (Å²) in [6, 6.07) is 16.3. The van der Waals surface area contributed by atoms with Crippen molar-refractivity contribution in [3.05, 3.63) is 81.8 Å². The van der Waals surface area contributed by atoms with Gasteiger partial charge in [-0.1, -0.05) is 94.0 Å². The van der Waals surface area contributed by atoms with Gasteiger partial charge in [-0.15, -0.1) is 0 Å². The van der Waals surface area contributed by atoms with Gasteiger partial charge in [-0.25, -0.2) is 0 Å². The Bertz CT molecular complexity index is 921. The molecule has 0 saturated heterocycles. The highest BCUT2D eigenvalue weighted by Gasteiger charge is 2.03. The summed E-state index contributed by atoms with van der Waals surface area (Å²) < 4.78 is 1.77. The summed E-state index contributed by atoms with van der Waals surface area (Å²) in [5.74, 6) is 0.954. The number of hydrogen-bond donors (Lipinski definition) is 0. The predicted molar refractivity (Wildman–Crippen MR) is 122 cm³/mol. The molecule has 28 heavy (non-hydrogen) atoms. The van der Waals surface area contributed by atoms with E-state index >= 15 is 0 Å². The molecule has 0 aliphatic rings. The molecule has 0 aliphatic carbocycles. The zero-order valence-electron chi connectivity index (χ0n) is 18.2. The fourth-order valence-electron chi connectivity index (χ4n) is 3.18. The van der Waals surface area contributed by atoms with Crippen molar-refractivity contribution < 1.29 is 0 Å². The van der Waals surface area contributed by atoms with Gasteiger partial charge in [0.05, 0.1) is 6.54 Å². The van der Waals surface area contributed by atoms with E-state index in [0.29, 0.717) is 6.54 Å². The minimum Gasteiger partial charge on any atom is -0.311 e. The molecule has 1 unspecified atom stereocenters. The van der Waals surface area contributed by atoms with E-state index in [2.05, 4.69) is 52.0 Å². The summed E-state index contributed by atoms with van der Waals surface area (Å²) in [5, 5.41) is 1.79. The number of fused-ring (bicyclic) bond motifs is 1. The smallest absolute Gasteiger partial charge is 0.258 e. The normalized spacial score (nSPS) is 11.8. The van der Waals surface area contributed by atoms with Gasteiger partial charge in [0.15, 0.2) is 0 Å². The number of unbranched alkanes of at least 4 members (excludes halogenated alkanes) is 1. The Kier molecular flexibility index (Phi) is 8.50. The van der Waals surface area contributed by atoms with Gasteiger partial charge in [0.25, 0.3) is 5.56 Å². The Morgan fingerprint density at radius 1 is 0.929 bits per heavy atom. The van der Waals surface area contributed by atoms with Crippen molar-refractivity contribution in [2.75, 3.05) is 0 Å². The van der Waals surface area contributed by atoms with Crippen molar-refractivity contribution in [3.63, 3.8) is 0 Å². The van der Waals surface area contributed by atoms with E-state index < -0.39 is 0 Å². The number of rotatable bonds is 6. The van der Waals surface area contributed by atoms with Gasteiger partial charge < -0.3 is 4.57 Å². The van der Waals surface area contributed by atoms with Crippen molar-refractivity contribution >= 4 is 10.8 Å². The summed E-state index contributed by atoms with van der Waals surface area (Å²) in [6.45, 7) is 11.6. The van der Waals surface area contributed by atoms with Gasteiger partial charge in [0.1, 0.15) is 0 Å². The highest BCUT2D eigenvalue weighted by Crippen LogP contribution is 2.13. The van der Waals surface area contributed by atoms with Crippen LogP contribution < -0.4 is 5.56 Å². The molecular formula is C26H35NO. The van der Waals surface area contributed by atoms with E-state index in [1.165, 1.54) is 36.8 Å². The van der Waals surface area contributed by atoms with Crippen LogP contribution in [0.25, 0.3) is 10.8 Å². The van der Waals surface area contributed by atoms with Crippen LogP contribution in [0.5, 0.6) is 0 Å². The number of aromatic nitrogens is 1. The molecule has 2 nitrogen and oxygen atoms in total. The van der Waals surface area contributed by atoms with Crippen LogP contribution in [0.4, 0.5) is 0 Å². The molecular weight excluding hydrogens is 342 g/mol. The van der Waals surface area contributed by atoms with Gasteiger partial charge in [-0.2, -0.15) is 0 Å². The maximum absolute atomic E-state index is 12.5. The summed E-state index contributed by atoms with van der Waals surface area (Å²) in [5.41, 5.74) is 3.62. The molecule has 0 N–H and O–H groups in total. The third-order valence-corrected chi connectivity index (χ3v) is 5.35. The van der Waals surface area contributed by atoms with E-state index in [1.807, 2.05) is 37.4 Å². The molecule has 0 aliphatic heterocycles. The summed E-state index contributed by atoms with van der Waals surface area (Å²) in [7, 11) is 0. The molecule has 1 atom stereocenters. The molecule has 3 aromatic rings. The van der Waals surface area contributed by atoms with Gasteiger partial charge in [0, 0.05) is 11.6 Å². The van der Waals surface area contributed by atoms with Crippen LogP contribution in [0.3, 0.4) is 0 Å². The number of aryl methyl sites for hydroxylation is 2. The Balaban J connectivity index is 0.000000300. The van der Waals surface area contributed by atoms with Crippen LogP contribution in [0, 0.1) is 19.8 Å². The Morgan fingerprint density at radius 2 is 1.61 bits per heavy atom. The quantitative estimate of drug-likeness (QED) is 0.458. The molecule has 1 heterocycles. The fourth-order valence-corrected chi connectivity index (χ4v) is 3.18. The average Bonchev–Trinajstić information content (AvgIpc) is 2.70. The first-order chi connectivity index (χ1) is 13.4. The van der Waals surface area contributed by atoms with E-state index in [4.69, 9.17) is 0 Å². The molecule has 150 valence electrons. The molecule has 3 rings (SSSR count). The molecule has 0 spiro atoms. The van der Waals surface area contributed by atoms with Crippen LogP contribution in [0.1, 0.15) is 63.1 Å². The highest BCUT2D eigenvalue weighted by molar-refractivity contribution is 5.82. The zero-order chi connectivity index (χ0) is 20.5. The lowest BCUT2D eigenvalue weighted by Crippen LogP contribution is -2.20. The predicted octanol–water partition coefficient (Wildman–Crippen LogP) is 6.89. The highest BCUT2D eigenvalue weighted by atomic mass is 16.1. The molecule has 2 heteroatoms. The van der Waals surface area contributed by atoms with E-state index in [0.717, 1.165) is 22.3 Å². The van der Waals surface area contributed by atoms with Crippen molar-refractivity contribution in [2.24, 2.45) is 5.92 Å². The number of nitrogens with zero attached hydrogens (tertiary/aromatic N) is 1. The van der Waals surface area contributed by atoms with Gasteiger partial charge >= 0.3 is 0 Å². The maximum Gasteiger partial charge on any atom is 0.258 e. The number of pyridine rings is 1. The second kappa shape index (κ2) is 10.8. The second-order valence-electron chi connectivity index (χ2n) is 7.98. The molecule has 2 aromatic carbocycles. The first-order valence-corrected chi connectivity index (χ1v) is 10.6. The third-order valence-electron chi connectivity index (χ3n) is 5.35. The van der Waals surface area contributed by atoms with Crippen molar-refractivity contribution in [1.29, 1.82) is 0 Å². The van der Waals surface area contributed by atoms with Crippen LogP contribution in [-0.2, 0) is 6.54 Å². The number of hydrogen-bond acceptors (Lipinski definition) is 1. The minimum absolute atomic E-state index is 0.0723. The fraction of sp³-hybridized carbons (Fsp3) is 0.423. The summed E-state index contributed by atoms with van der Waals surface area (Å²) in [4.78, 5) is 12.5. The first kappa shape index (κ1) is 21.9. The van der Waals surface area contributed by atoms with E-state index in [-0.39, 0.29) is 5.56 Å². The van der Waals surface area contributed by atoms with Gasteiger partial charge in [-0.3, -0.25) is 4.79 Å².